The number of aromatic nitrogens is 3. The fourth-order valence-electron chi connectivity index (χ4n) is 2.86. The summed E-state index contributed by atoms with van der Waals surface area (Å²) in [6.45, 7) is 5.45. The van der Waals surface area contributed by atoms with E-state index in [1.165, 1.54) is 0 Å². The normalized spacial score (nSPS) is 33.9. The van der Waals surface area contributed by atoms with Crippen LogP contribution < -0.4 is 0 Å². The second-order valence-electron chi connectivity index (χ2n) is 5.06. The Balaban J connectivity index is 1.64. The zero-order valence-corrected chi connectivity index (χ0v) is 10.2. The Bertz CT molecular complexity index is 385. The molecule has 3 saturated heterocycles. The van der Waals surface area contributed by atoms with Gasteiger partial charge in [-0.05, 0) is 0 Å². The van der Waals surface area contributed by atoms with Crippen molar-refractivity contribution >= 4 is 0 Å². The average molecular weight is 237 g/mol. The number of nitrogens with zero attached hydrogens (tertiary/aromatic N) is 5. The molecule has 0 aliphatic carbocycles. The SMILES string of the molecule is Cn1cc(CC(O)C2CN3CCN2CC3)nn1. The quantitative estimate of drug-likeness (QED) is 0.709. The molecule has 0 radical (unpaired) electrons. The Kier molecular flexibility index (Phi) is 2.85. The van der Waals surface area contributed by atoms with Gasteiger partial charge in [-0.1, -0.05) is 5.21 Å². The van der Waals surface area contributed by atoms with Crippen LogP contribution in [0.1, 0.15) is 5.69 Å². The van der Waals surface area contributed by atoms with Gasteiger partial charge in [0.1, 0.15) is 0 Å². The fraction of sp³-hybridized carbons (Fsp3) is 0.818. The smallest absolute Gasteiger partial charge is 0.0853 e. The maximum absolute atomic E-state index is 10.3. The Morgan fingerprint density at radius 3 is 2.71 bits per heavy atom. The van der Waals surface area contributed by atoms with Gasteiger partial charge in [-0.15, -0.1) is 5.10 Å². The lowest BCUT2D eigenvalue weighted by Gasteiger charge is -2.49. The molecular weight excluding hydrogens is 218 g/mol. The molecule has 4 heterocycles. The third-order valence-corrected chi connectivity index (χ3v) is 3.83. The van der Waals surface area contributed by atoms with Gasteiger partial charge in [-0.3, -0.25) is 14.5 Å². The van der Waals surface area contributed by atoms with Crippen LogP contribution in [0, 0.1) is 0 Å². The Morgan fingerprint density at radius 1 is 1.41 bits per heavy atom. The summed E-state index contributed by atoms with van der Waals surface area (Å²) in [5.41, 5.74) is 0.873. The minimum atomic E-state index is -0.338. The van der Waals surface area contributed by atoms with Gasteiger partial charge < -0.3 is 5.11 Å². The molecular formula is C11H19N5O. The summed E-state index contributed by atoms with van der Waals surface area (Å²) < 4.78 is 1.68. The molecule has 3 aliphatic heterocycles. The van der Waals surface area contributed by atoms with Crippen LogP contribution in [0.15, 0.2) is 6.20 Å². The van der Waals surface area contributed by atoms with Crippen molar-refractivity contribution < 1.29 is 5.11 Å². The molecule has 2 unspecified atom stereocenters. The van der Waals surface area contributed by atoms with Gasteiger partial charge in [0.2, 0.25) is 0 Å². The molecule has 1 aromatic heterocycles. The zero-order valence-electron chi connectivity index (χ0n) is 10.2. The number of aliphatic hydroxyl groups excluding tert-OH is 1. The van der Waals surface area contributed by atoms with Crippen molar-refractivity contribution in [3.8, 4) is 0 Å². The lowest BCUT2D eigenvalue weighted by Crippen LogP contribution is -2.64. The largest absolute Gasteiger partial charge is 0.391 e. The fourth-order valence-corrected chi connectivity index (χ4v) is 2.86. The Labute approximate surface area is 101 Å². The first-order valence-corrected chi connectivity index (χ1v) is 6.22. The lowest BCUT2D eigenvalue weighted by molar-refractivity contribution is -0.0455. The molecule has 3 aliphatic rings. The van der Waals surface area contributed by atoms with Crippen LogP contribution in [0.3, 0.4) is 0 Å². The molecule has 3 fully saturated rings. The van der Waals surface area contributed by atoms with E-state index in [4.69, 9.17) is 0 Å². The molecule has 2 atom stereocenters. The van der Waals surface area contributed by atoms with E-state index in [0.717, 1.165) is 38.4 Å². The van der Waals surface area contributed by atoms with Crippen LogP contribution in [0.2, 0.25) is 0 Å². The lowest BCUT2D eigenvalue weighted by atomic mass is 9.99. The zero-order chi connectivity index (χ0) is 11.8. The van der Waals surface area contributed by atoms with E-state index in [2.05, 4.69) is 20.1 Å². The van der Waals surface area contributed by atoms with Crippen LogP contribution in [0.4, 0.5) is 0 Å². The minimum Gasteiger partial charge on any atom is -0.391 e. The van der Waals surface area contributed by atoms with Crippen molar-refractivity contribution in [3.05, 3.63) is 11.9 Å². The summed E-state index contributed by atoms with van der Waals surface area (Å²) in [6, 6.07) is 0.263. The van der Waals surface area contributed by atoms with Gasteiger partial charge in [0.05, 0.1) is 11.8 Å². The van der Waals surface area contributed by atoms with Gasteiger partial charge >= 0.3 is 0 Å². The molecule has 0 saturated carbocycles. The van der Waals surface area contributed by atoms with E-state index in [1.54, 1.807) is 4.68 Å². The van der Waals surface area contributed by atoms with Crippen LogP contribution in [0.25, 0.3) is 0 Å². The third kappa shape index (κ3) is 2.20. The highest BCUT2D eigenvalue weighted by molar-refractivity contribution is 5.00. The molecule has 4 rings (SSSR count). The number of fused-ring (bicyclic) bond motifs is 3. The standard InChI is InChI=1S/C11H19N5O/c1-14-7-9(12-13-14)6-11(17)10-8-15-2-4-16(10)5-3-15/h7,10-11,17H,2-6,8H2,1H3. The summed E-state index contributed by atoms with van der Waals surface area (Å²) in [5.74, 6) is 0. The summed E-state index contributed by atoms with van der Waals surface area (Å²) >= 11 is 0. The van der Waals surface area contributed by atoms with Crippen molar-refractivity contribution in [1.29, 1.82) is 0 Å². The maximum atomic E-state index is 10.3. The molecule has 1 aromatic rings. The molecule has 94 valence electrons. The highest BCUT2D eigenvalue weighted by Crippen LogP contribution is 2.19. The Hall–Kier alpha value is -0.980. The van der Waals surface area contributed by atoms with Crippen molar-refractivity contribution in [2.24, 2.45) is 7.05 Å². The van der Waals surface area contributed by atoms with Gasteiger partial charge in [0.25, 0.3) is 0 Å². The molecule has 6 nitrogen and oxygen atoms in total. The van der Waals surface area contributed by atoms with Crippen molar-refractivity contribution in [1.82, 2.24) is 24.8 Å². The van der Waals surface area contributed by atoms with Gasteiger partial charge in [-0.2, -0.15) is 0 Å². The number of hydrogen-bond donors (Lipinski definition) is 1. The third-order valence-electron chi connectivity index (χ3n) is 3.83. The Morgan fingerprint density at radius 2 is 2.18 bits per heavy atom. The van der Waals surface area contributed by atoms with Crippen LogP contribution in [-0.2, 0) is 13.5 Å². The van der Waals surface area contributed by atoms with E-state index in [9.17, 15) is 5.11 Å². The average Bonchev–Trinajstić information content (AvgIpc) is 2.76. The first-order valence-electron chi connectivity index (χ1n) is 6.22. The molecule has 0 aromatic carbocycles. The molecule has 6 heteroatoms. The van der Waals surface area contributed by atoms with E-state index >= 15 is 0 Å². The maximum Gasteiger partial charge on any atom is 0.0853 e. The van der Waals surface area contributed by atoms with E-state index < -0.39 is 0 Å². The summed E-state index contributed by atoms with van der Waals surface area (Å²) in [5, 5.41) is 18.2. The van der Waals surface area contributed by atoms with E-state index in [0.29, 0.717) is 6.42 Å². The van der Waals surface area contributed by atoms with Gasteiger partial charge in [0, 0.05) is 58.4 Å². The van der Waals surface area contributed by atoms with Crippen molar-refractivity contribution in [2.75, 3.05) is 32.7 Å². The highest BCUT2D eigenvalue weighted by atomic mass is 16.3. The second kappa shape index (κ2) is 4.36. The highest BCUT2D eigenvalue weighted by Gasteiger charge is 2.36. The van der Waals surface area contributed by atoms with E-state index in [1.807, 2.05) is 13.2 Å². The van der Waals surface area contributed by atoms with Gasteiger partial charge in [-0.25, -0.2) is 0 Å². The molecule has 17 heavy (non-hydrogen) atoms. The second-order valence-corrected chi connectivity index (χ2v) is 5.06. The summed E-state index contributed by atoms with van der Waals surface area (Å²) in [6.07, 6.45) is 2.14. The predicted octanol–water partition coefficient (Wildman–Crippen LogP) is -1.28. The first kappa shape index (κ1) is 11.1. The first-order chi connectivity index (χ1) is 8.22. The van der Waals surface area contributed by atoms with E-state index in [-0.39, 0.29) is 12.1 Å². The topological polar surface area (TPSA) is 57.4 Å². The molecule has 2 bridgehead atoms. The molecule has 1 N–H and O–H groups in total. The predicted molar refractivity (Wildman–Crippen MR) is 62.5 cm³/mol. The summed E-state index contributed by atoms with van der Waals surface area (Å²) in [4.78, 5) is 4.84. The number of rotatable bonds is 3. The molecule has 0 amide bonds. The number of aryl methyl sites for hydroxylation is 1. The minimum absolute atomic E-state index is 0.263. The number of piperazine rings is 3. The molecule has 0 spiro atoms. The summed E-state index contributed by atoms with van der Waals surface area (Å²) in [7, 11) is 1.85. The van der Waals surface area contributed by atoms with Crippen molar-refractivity contribution in [2.45, 2.75) is 18.6 Å². The number of aliphatic hydroxyl groups is 1. The van der Waals surface area contributed by atoms with Crippen molar-refractivity contribution in [3.63, 3.8) is 0 Å². The monoisotopic (exact) mass is 237 g/mol. The van der Waals surface area contributed by atoms with Crippen LogP contribution >= 0.6 is 0 Å². The van der Waals surface area contributed by atoms with Gasteiger partial charge in [0.15, 0.2) is 0 Å². The van der Waals surface area contributed by atoms with Crippen LogP contribution in [-0.4, -0.2) is 74.8 Å². The number of hydrogen-bond acceptors (Lipinski definition) is 5. The van der Waals surface area contributed by atoms with Crippen LogP contribution in [0.5, 0.6) is 0 Å².